The number of aromatic nitrogens is 6. The normalized spacial score (nSPS) is 15.4. The molecule has 1 aliphatic rings. The van der Waals surface area contributed by atoms with Gasteiger partial charge >= 0.3 is 0 Å². The molecule has 0 bridgehead atoms. The van der Waals surface area contributed by atoms with Crippen LogP contribution >= 0.6 is 0 Å². The number of hydrogen-bond donors (Lipinski definition) is 2. The Balaban J connectivity index is 1.81. The molecular formula is C16H22N8. The highest BCUT2D eigenvalue weighted by Crippen LogP contribution is 2.25. The first kappa shape index (κ1) is 14.9. The van der Waals surface area contributed by atoms with Crippen molar-refractivity contribution in [1.29, 1.82) is 0 Å². The second-order valence-electron chi connectivity index (χ2n) is 6.24. The summed E-state index contributed by atoms with van der Waals surface area (Å²) < 4.78 is 3.79. The lowest BCUT2D eigenvalue weighted by Gasteiger charge is -2.12. The van der Waals surface area contributed by atoms with E-state index in [1.54, 1.807) is 10.9 Å². The summed E-state index contributed by atoms with van der Waals surface area (Å²) in [6.07, 6.45) is 9.41. The minimum absolute atomic E-state index is 0.406. The molecule has 1 saturated carbocycles. The third-order valence-corrected chi connectivity index (χ3v) is 4.45. The molecule has 0 spiro atoms. The van der Waals surface area contributed by atoms with Crippen LogP contribution in [0.4, 0.5) is 11.8 Å². The zero-order valence-corrected chi connectivity index (χ0v) is 13.8. The SMILES string of the molecule is CCCn1c(-n2cccn2)nc2c(N)nc(NC3CCCC3)nc21. The highest BCUT2D eigenvalue weighted by molar-refractivity contribution is 5.84. The highest BCUT2D eigenvalue weighted by Gasteiger charge is 2.20. The number of anilines is 2. The van der Waals surface area contributed by atoms with E-state index in [4.69, 9.17) is 10.7 Å². The van der Waals surface area contributed by atoms with Crippen molar-refractivity contribution in [2.24, 2.45) is 0 Å². The molecular weight excluding hydrogens is 304 g/mol. The van der Waals surface area contributed by atoms with Crippen LogP contribution in [0, 0.1) is 0 Å². The minimum Gasteiger partial charge on any atom is -0.382 e. The maximum atomic E-state index is 6.17. The Labute approximate surface area is 140 Å². The Morgan fingerprint density at radius 2 is 2.08 bits per heavy atom. The minimum atomic E-state index is 0.406. The number of imidazole rings is 1. The van der Waals surface area contributed by atoms with Crippen LogP contribution in [0.1, 0.15) is 39.0 Å². The first-order valence-corrected chi connectivity index (χ1v) is 8.56. The third kappa shape index (κ3) is 2.57. The number of nitrogens with one attached hydrogen (secondary N) is 1. The van der Waals surface area contributed by atoms with Crippen LogP contribution < -0.4 is 11.1 Å². The lowest BCUT2D eigenvalue weighted by Crippen LogP contribution is -2.17. The van der Waals surface area contributed by atoms with Crippen molar-refractivity contribution < 1.29 is 0 Å². The summed E-state index contributed by atoms with van der Waals surface area (Å²) in [6.45, 7) is 2.92. The summed E-state index contributed by atoms with van der Waals surface area (Å²) in [4.78, 5) is 13.7. The lowest BCUT2D eigenvalue weighted by atomic mass is 10.2. The van der Waals surface area contributed by atoms with Gasteiger partial charge in [-0.3, -0.25) is 4.57 Å². The molecule has 4 rings (SSSR count). The molecule has 0 saturated heterocycles. The topological polar surface area (TPSA) is 99.5 Å². The standard InChI is InChI=1S/C16H22N8/c1-2-9-23-14-12(20-16(23)24-10-5-8-18-24)13(17)21-15(22-14)19-11-6-3-4-7-11/h5,8,10-11H,2-4,6-7,9H2,1H3,(H3,17,19,21,22). The summed E-state index contributed by atoms with van der Waals surface area (Å²) in [5, 5.41) is 7.71. The number of hydrogen-bond acceptors (Lipinski definition) is 6. The van der Waals surface area contributed by atoms with E-state index in [2.05, 4.69) is 31.9 Å². The molecule has 3 aromatic heterocycles. The van der Waals surface area contributed by atoms with E-state index in [9.17, 15) is 0 Å². The number of aryl methyl sites for hydroxylation is 1. The van der Waals surface area contributed by atoms with Crippen LogP contribution in [0.5, 0.6) is 0 Å². The molecule has 0 atom stereocenters. The molecule has 8 nitrogen and oxygen atoms in total. The second kappa shape index (κ2) is 6.10. The third-order valence-electron chi connectivity index (χ3n) is 4.45. The van der Waals surface area contributed by atoms with Gasteiger partial charge in [-0.15, -0.1) is 0 Å². The zero-order chi connectivity index (χ0) is 16.5. The van der Waals surface area contributed by atoms with Crippen LogP contribution in [0.25, 0.3) is 17.1 Å². The van der Waals surface area contributed by atoms with Crippen LogP contribution in [-0.2, 0) is 6.54 Å². The first-order chi connectivity index (χ1) is 11.8. The van der Waals surface area contributed by atoms with E-state index in [1.807, 2.05) is 12.3 Å². The summed E-state index contributed by atoms with van der Waals surface area (Å²) >= 11 is 0. The van der Waals surface area contributed by atoms with Gasteiger partial charge in [0.2, 0.25) is 11.9 Å². The average molecular weight is 326 g/mol. The van der Waals surface area contributed by atoms with Crippen molar-refractivity contribution in [3.8, 4) is 5.95 Å². The van der Waals surface area contributed by atoms with Gasteiger partial charge in [-0.1, -0.05) is 19.8 Å². The van der Waals surface area contributed by atoms with Crippen molar-refractivity contribution in [3.63, 3.8) is 0 Å². The maximum Gasteiger partial charge on any atom is 0.233 e. The van der Waals surface area contributed by atoms with Crippen LogP contribution in [0.2, 0.25) is 0 Å². The molecule has 0 unspecified atom stereocenters. The van der Waals surface area contributed by atoms with Crippen LogP contribution in [0.15, 0.2) is 18.5 Å². The second-order valence-corrected chi connectivity index (χ2v) is 6.24. The van der Waals surface area contributed by atoms with Gasteiger partial charge in [-0.05, 0) is 25.3 Å². The molecule has 3 aromatic rings. The molecule has 126 valence electrons. The Morgan fingerprint density at radius 3 is 2.79 bits per heavy atom. The fraction of sp³-hybridized carbons (Fsp3) is 0.500. The number of nitrogen functional groups attached to an aromatic ring is 1. The fourth-order valence-corrected chi connectivity index (χ4v) is 3.32. The van der Waals surface area contributed by atoms with Crippen molar-refractivity contribution in [2.45, 2.75) is 51.6 Å². The van der Waals surface area contributed by atoms with E-state index in [1.165, 1.54) is 12.8 Å². The van der Waals surface area contributed by atoms with Gasteiger partial charge in [-0.2, -0.15) is 15.1 Å². The molecule has 0 aliphatic heterocycles. The van der Waals surface area contributed by atoms with E-state index < -0.39 is 0 Å². The molecule has 3 N–H and O–H groups in total. The summed E-state index contributed by atoms with van der Waals surface area (Å²) in [7, 11) is 0. The predicted molar refractivity (Wildman–Crippen MR) is 93.0 cm³/mol. The van der Waals surface area contributed by atoms with E-state index >= 15 is 0 Å². The molecule has 0 radical (unpaired) electrons. The average Bonchev–Trinajstić information content (AvgIpc) is 3.29. The summed E-state index contributed by atoms with van der Waals surface area (Å²) in [5.41, 5.74) is 7.56. The van der Waals surface area contributed by atoms with Gasteiger partial charge in [-0.25, -0.2) is 9.67 Å². The zero-order valence-electron chi connectivity index (χ0n) is 13.8. The molecule has 0 amide bonds. The predicted octanol–water partition coefficient (Wildman–Crippen LogP) is 2.36. The molecule has 1 fully saturated rings. The maximum absolute atomic E-state index is 6.17. The number of rotatable bonds is 5. The Kier molecular flexibility index (Phi) is 3.79. The van der Waals surface area contributed by atoms with E-state index in [0.29, 0.717) is 23.3 Å². The van der Waals surface area contributed by atoms with Gasteiger partial charge in [0.05, 0.1) is 0 Å². The monoisotopic (exact) mass is 326 g/mol. The van der Waals surface area contributed by atoms with Crippen LogP contribution in [0.3, 0.4) is 0 Å². The lowest BCUT2D eigenvalue weighted by molar-refractivity contribution is 0.646. The Bertz CT molecular complexity index is 830. The molecule has 0 aromatic carbocycles. The molecule has 8 heteroatoms. The smallest absolute Gasteiger partial charge is 0.233 e. The van der Waals surface area contributed by atoms with Crippen molar-refractivity contribution in [1.82, 2.24) is 29.3 Å². The van der Waals surface area contributed by atoms with Crippen LogP contribution in [-0.4, -0.2) is 35.3 Å². The van der Waals surface area contributed by atoms with Crippen molar-refractivity contribution in [2.75, 3.05) is 11.1 Å². The van der Waals surface area contributed by atoms with Gasteiger partial charge in [0.1, 0.15) is 0 Å². The summed E-state index contributed by atoms with van der Waals surface area (Å²) in [5.74, 6) is 1.72. The van der Waals surface area contributed by atoms with Gasteiger partial charge in [0, 0.05) is 25.0 Å². The van der Waals surface area contributed by atoms with Gasteiger partial charge < -0.3 is 11.1 Å². The summed E-state index contributed by atoms with van der Waals surface area (Å²) in [6, 6.07) is 2.31. The molecule has 1 aliphatic carbocycles. The van der Waals surface area contributed by atoms with Crippen molar-refractivity contribution >= 4 is 22.9 Å². The largest absolute Gasteiger partial charge is 0.382 e. The number of nitrogens with zero attached hydrogens (tertiary/aromatic N) is 6. The van der Waals surface area contributed by atoms with E-state index in [0.717, 1.165) is 37.4 Å². The number of fused-ring (bicyclic) bond motifs is 1. The first-order valence-electron chi connectivity index (χ1n) is 8.56. The molecule has 3 heterocycles. The molecule has 24 heavy (non-hydrogen) atoms. The number of nitrogens with two attached hydrogens (primary N) is 1. The Hall–Kier alpha value is -2.64. The Morgan fingerprint density at radius 1 is 1.25 bits per heavy atom. The van der Waals surface area contributed by atoms with E-state index in [-0.39, 0.29) is 0 Å². The highest BCUT2D eigenvalue weighted by atomic mass is 15.4. The van der Waals surface area contributed by atoms with Gasteiger partial charge in [0.15, 0.2) is 17.0 Å². The van der Waals surface area contributed by atoms with Gasteiger partial charge in [0.25, 0.3) is 0 Å². The fourth-order valence-electron chi connectivity index (χ4n) is 3.32. The quantitative estimate of drug-likeness (QED) is 0.746. The van der Waals surface area contributed by atoms with Crippen molar-refractivity contribution in [3.05, 3.63) is 18.5 Å².